The van der Waals surface area contributed by atoms with Crippen LogP contribution in [0.3, 0.4) is 0 Å². The van der Waals surface area contributed by atoms with Gasteiger partial charge in [0.2, 0.25) is 5.71 Å². The minimum Gasteiger partial charge on any atom is -0.364 e. The number of nitrogens with one attached hydrogen (secondary N) is 1. The highest BCUT2D eigenvalue weighted by Gasteiger charge is 2.12. The monoisotopic (exact) mass is 233 g/mol. The van der Waals surface area contributed by atoms with Crippen molar-refractivity contribution in [1.82, 2.24) is 0 Å². The van der Waals surface area contributed by atoms with Crippen LogP contribution in [0.15, 0.2) is 29.4 Å². The summed E-state index contributed by atoms with van der Waals surface area (Å²) in [5.41, 5.74) is 6.36. The summed E-state index contributed by atoms with van der Waals surface area (Å²) in [5.74, 6) is -1.02. The van der Waals surface area contributed by atoms with Crippen LogP contribution in [0.2, 0.25) is 0 Å². The van der Waals surface area contributed by atoms with Crippen molar-refractivity contribution >= 4 is 23.0 Å². The molecule has 0 aromatic heterocycles. The molecule has 8 heteroatoms. The minimum atomic E-state index is -1.02. The summed E-state index contributed by atoms with van der Waals surface area (Å²) in [6.07, 6.45) is 0. The smallest absolute Gasteiger partial charge is 0.294 e. The van der Waals surface area contributed by atoms with E-state index in [1.165, 1.54) is 24.3 Å². The molecule has 0 bridgehead atoms. The van der Waals surface area contributed by atoms with Crippen LogP contribution in [0.25, 0.3) is 0 Å². The van der Waals surface area contributed by atoms with Crippen LogP contribution >= 0.6 is 0 Å². The molecule has 8 nitrogen and oxygen atoms in total. The molecule has 0 heterocycles. The van der Waals surface area contributed by atoms with Crippen molar-refractivity contribution in [2.45, 2.75) is 0 Å². The SMILES string of the molecule is N#C/C(=N/Nc1ccccc1[N+](=O)[O-])C(N)=O. The normalized spacial score (nSPS) is 10.4. The Kier molecular flexibility index (Phi) is 3.72. The zero-order valence-corrected chi connectivity index (χ0v) is 8.45. The van der Waals surface area contributed by atoms with Gasteiger partial charge in [0.05, 0.1) is 4.92 Å². The molecule has 0 unspecified atom stereocenters. The van der Waals surface area contributed by atoms with E-state index in [9.17, 15) is 14.9 Å². The van der Waals surface area contributed by atoms with Gasteiger partial charge >= 0.3 is 0 Å². The van der Waals surface area contributed by atoms with Gasteiger partial charge in [-0.1, -0.05) is 12.1 Å². The average molecular weight is 233 g/mol. The van der Waals surface area contributed by atoms with Gasteiger partial charge in [-0.15, -0.1) is 0 Å². The van der Waals surface area contributed by atoms with E-state index >= 15 is 0 Å². The van der Waals surface area contributed by atoms with Crippen LogP contribution in [0, 0.1) is 21.4 Å². The third kappa shape index (κ3) is 3.00. The number of hydrazone groups is 1. The molecule has 0 aliphatic carbocycles. The number of carbonyl (C=O) groups is 1. The topological polar surface area (TPSA) is 134 Å². The first-order valence-corrected chi connectivity index (χ1v) is 4.33. The fourth-order valence-corrected chi connectivity index (χ4v) is 0.979. The Bertz CT molecular complexity index is 532. The van der Waals surface area contributed by atoms with Gasteiger partial charge in [0.15, 0.2) is 0 Å². The first kappa shape index (κ1) is 12.1. The molecular formula is C9H7N5O3. The predicted molar refractivity (Wildman–Crippen MR) is 59.0 cm³/mol. The molecule has 0 saturated heterocycles. The van der Waals surface area contributed by atoms with E-state index in [0.717, 1.165) is 0 Å². The van der Waals surface area contributed by atoms with Gasteiger partial charge in [-0.2, -0.15) is 10.4 Å². The number of para-hydroxylation sites is 2. The summed E-state index contributed by atoms with van der Waals surface area (Å²) in [7, 11) is 0. The summed E-state index contributed by atoms with van der Waals surface area (Å²) in [6, 6.07) is 7.13. The van der Waals surface area contributed by atoms with Gasteiger partial charge in [-0.3, -0.25) is 20.3 Å². The minimum absolute atomic E-state index is 0.0616. The summed E-state index contributed by atoms with van der Waals surface area (Å²) in [6.45, 7) is 0. The second-order valence-corrected chi connectivity index (χ2v) is 2.82. The van der Waals surface area contributed by atoms with Gasteiger partial charge < -0.3 is 5.73 Å². The van der Waals surface area contributed by atoms with E-state index in [4.69, 9.17) is 11.0 Å². The number of anilines is 1. The van der Waals surface area contributed by atoms with Crippen molar-refractivity contribution in [2.75, 3.05) is 5.43 Å². The first-order chi connectivity index (χ1) is 8.06. The van der Waals surface area contributed by atoms with Crippen LogP contribution in [0.4, 0.5) is 11.4 Å². The van der Waals surface area contributed by atoms with Crippen molar-refractivity contribution in [3.05, 3.63) is 34.4 Å². The number of amides is 1. The van der Waals surface area contributed by atoms with E-state index in [-0.39, 0.29) is 11.4 Å². The molecule has 1 rings (SSSR count). The molecule has 1 aromatic carbocycles. The second kappa shape index (κ2) is 5.22. The molecule has 0 spiro atoms. The summed E-state index contributed by atoms with van der Waals surface area (Å²) in [4.78, 5) is 20.7. The molecule has 86 valence electrons. The Balaban J connectivity index is 3.01. The number of nitrogens with two attached hydrogens (primary N) is 1. The van der Waals surface area contributed by atoms with Crippen LogP contribution < -0.4 is 11.2 Å². The van der Waals surface area contributed by atoms with E-state index in [1.54, 1.807) is 6.07 Å². The Morgan fingerprint density at radius 3 is 2.71 bits per heavy atom. The average Bonchev–Trinajstić information content (AvgIpc) is 2.29. The highest BCUT2D eigenvalue weighted by atomic mass is 16.6. The number of hydrogen-bond donors (Lipinski definition) is 2. The molecule has 0 aliphatic heterocycles. The molecule has 0 aliphatic rings. The van der Waals surface area contributed by atoms with Crippen LogP contribution in [0.1, 0.15) is 0 Å². The van der Waals surface area contributed by atoms with Crippen LogP contribution in [-0.2, 0) is 4.79 Å². The maximum Gasteiger partial charge on any atom is 0.294 e. The van der Waals surface area contributed by atoms with Gasteiger partial charge in [0.25, 0.3) is 11.6 Å². The fourth-order valence-electron chi connectivity index (χ4n) is 0.979. The maximum atomic E-state index is 10.7. The summed E-state index contributed by atoms with van der Waals surface area (Å²) >= 11 is 0. The Morgan fingerprint density at radius 2 is 2.18 bits per heavy atom. The predicted octanol–water partition coefficient (Wildman–Crippen LogP) is 0.372. The van der Waals surface area contributed by atoms with E-state index < -0.39 is 16.5 Å². The Hall–Kier alpha value is -2.95. The lowest BCUT2D eigenvalue weighted by atomic mass is 10.3. The summed E-state index contributed by atoms with van der Waals surface area (Å²) < 4.78 is 0. The third-order valence-corrected chi connectivity index (χ3v) is 1.73. The molecule has 17 heavy (non-hydrogen) atoms. The Labute approximate surface area is 95.5 Å². The molecular weight excluding hydrogens is 226 g/mol. The zero-order chi connectivity index (χ0) is 12.8. The van der Waals surface area contributed by atoms with Crippen LogP contribution in [-0.4, -0.2) is 16.5 Å². The van der Waals surface area contributed by atoms with E-state index in [2.05, 4.69) is 10.5 Å². The van der Waals surface area contributed by atoms with Crippen molar-refractivity contribution in [3.63, 3.8) is 0 Å². The Morgan fingerprint density at radius 1 is 1.53 bits per heavy atom. The molecule has 0 radical (unpaired) electrons. The van der Waals surface area contributed by atoms with Crippen molar-refractivity contribution in [3.8, 4) is 6.07 Å². The van der Waals surface area contributed by atoms with Crippen molar-refractivity contribution in [1.29, 1.82) is 5.26 Å². The molecule has 0 atom stereocenters. The number of nitro groups is 1. The van der Waals surface area contributed by atoms with Gasteiger partial charge in [-0.25, -0.2) is 0 Å². The maximum absolute atomic E-state index is 10.7. The number of benzene rings is 1. The number of nitrogens with zero attached hydrogens (tertiary/aromatic N) is 3. The van der Waals surface area contributed by atoms with Gasteiger partial charge in [0.1, 0.15) is 11.8 Å². The van der Waals surface area contributed by atoms with Gasteiger partial charge in [-0.05, 0) is 6.07 Å². The standard InChI is InChI=1S/C9H7N5O3/c10-5-7(9(11)15)13-12-6-3-1-2-4-8(6)14(16)17/h1-4,12H,(H2,11,15)/b13-7-. The number of nitro benzene ring substituents is 1. The second-order valence-electron chi connectivity index (χ2n) is 2.82. The molecule has 1 aromatic rings. The third-order valence-electron chi connectivity index (χ3n) is 1.73. The van der Waals surface area contributed by atoms with E-state index in [0.29, 0.717) is 0 Å². The van der Waals surface area contributed by atoms with E-state index in [1.807, 2.05) is 0 Å². The first-order valence-electron chi connectivity index (χ1n) is 4.33. The molecule has 3 N–H and O–H groups in total. The lowest BCUT2D eigenvalue weighted by molar-refractivity contribution is -0.384. The molecule has 0 saturated carbocycles. The van der Waals surface area contributed by atoms with Gasteiger partial charge in [0, 0.05) is 6.07 Å². The molecule has 0 fully saturated rings. The van der Waals surface area contributed by atoms with Crippen LogP contribution in [0.5, 0.6) is 0 Å². The van der Waals surface area contributed by atoms with Crippen molar-refractivity contribution in [2.24, 2.45) is 10.8 Å². The summed E-state index contributed by atoms with van der Waals surface area (Å²) in [5, 5.41) is 22.5. The number of primary amides is 1. The molecule has 1 amide bonds. The quantitative estimate of drug-likeness (QED) is 0.440. The highest BCUT2D eigenvalue weighted by Crippen LogP contribution is 2.22. The lowest BCUT2D eigenvalue weighted by Gasteiger charge is -2.01. The largest absolute Gasteiger partial charge is 0.364 e. The number of hydrogen-bond acceptors (Lipinski definition) is 6. The fraction of sp³-hybridized carbons (Fsp3) is 0. The zero-order valence-electron chi connectivity index (χ0n) is 8.45. The van der Waals surface area contributed by atoms with Crippen molar-refractivity contribution < 1.29 is 9.72 Å². The number of rotatable bonds is 4. The number of nitriles is 1. The lowest BCUT2D eigenvalue weighted by Crippen LogP contribution is -2.22. The number of carbonyl (C=O) groups excluding carboxylic acids is 1. The highest BCUT2D eigenvalue weighted by molar-refractivity contribution is 6.44.